The lowest BCUT2D eigenvalue weighted by molar-refractivity contribution is 0.268. The van der Waals surface area contributed by atoms with Gasteiger partial charge in [0, 0.05) is 0 Å². The molecule has 84 valence electrons. The summed E-state index contributed by atoms with van der Waals surface area (Å²) in [5.74, 6) is 0.986. The van der Waals surface area contributed by atoms with Crippen molar-refractivity contribution < 1.29 is 0 Å². The van der Waals surface area contributed by atoms with Crippen molar-refractivity contribution in [1.29, 1.82) is 0 Å². The molecule has 1 fully saturated rings. The zero-order chi connectivity index (χ0) is 10.2. The summed E-state index contributed by atoms with van der Waals surface area (Å²) in [5.41, 5.74) is 0. The average Bonchev–Trinajstić information content (AvgIpc) is 2.25. The molecule has 1 saturated heterocycles. The molecule has 1 heterocycles. The predicted molar refractivity (Wildman–Crippen MR) is 62.6 cm³/mol. The summed E-state index contributed by atoms with van der Waals surface area (Å²) in [4.78, 5) is 2.49. The minimum atomic E-state index is 0.986. The van der Waals surface area contributed by atoms with Gasteiger partial charge in [-0.2, -0.15) is 0 Å². The third kappa shape index (κ3) is 4.97. The Morgan fingerprint density at radius 1 is 1.21 bits per heavy atom. The smallest absolute Gasteiger partial charge is 0.00191 e. The predicted octanol–water partition coefficient (Wildman–Crippen LogP) is 2.11. The zero-order valence-corrected chi connectivity index (χ0v) is 9.89. The second-order valence-corrected chi connectivity index (χ2v) is 4.64. The van der Waals surface area contributed by atoms with Crippen molar-refractivity contribution in [2.24, 2.45) is 5.92 Å². The molecule has 0 bridgehead atoms. The standard InChI is InChI=1S/C12H26N2/c1-3-4-10-14(2)11-7-12-5-8-13-9-6-12/h12-13H,3-11H2,1-2H3. The molecule has 0 spiro atoms. The van der Waals surface area contributed by atoms with Crippen LogP contribution in [0.1, 0.15) is 39.0 Å². The van der Waals surface area contributed by atoms with Crippen LogP contribution in [-0.4, -0.2) is 38.1 Å². The van der Waals surface area contributed by atoms with Crippen LogP contribution in [0.3, 0.4) is 0 Å². The van der Waals surface area contributed by atoms with Crippen molar-refractivity contribution in [2.75, 3.05) is 33.2 Å². The Balaban J connectivity index is 2.00. The first kappa shape index (κ1) is 12.0. The van der Waals surface area contributed by atoms with Crippen molar-refractivity contribution in [2.45, 2.75) is 39.0 Å². The molecule has 0 aliphatic carbocycles. The fourth-order valence-corrected chi connectivity index (χ4v) is 2.11. The highest BCUT2D eigenvalue weighted by atomic mass is 15.1. The van der Waals surface area contributed by atoms with Crippen molar-refractivity contribution >= 4 is 0 Å². The van der Waals surface area contributed by atoms with Crippen LogP contribution in [0, 0.1) is 5.92 Å². The number of nitrogens with one attached hydrogen (secondary N) is 1. The number of hydrogen-bond donors (Lipinski definition) is 1. The summed E-state index contributed by atoms with van der Waals surface area (Å²) >= 11 is 0. The molecule has 1 aliphatic rings. The topological polar surface area (TPSA) is 15.3 Å². The van der Waals surface area contributed by atoms with E-state index in [0.29, 0.717) is 0 Å². The van der Waals surface area contributed by atoms with Crippen molar-refractivity contribution in [3.05, 3.63) is 0 Å². The highest BCUT2D eigenvalue weighted by Crippen LogP contribution is 2.15. The normalized spacial score (nSPS) is 19.1. The van der Waals surface area contributed by atoms with Gasteiger partial charge in [-0.05, 0) is 64.8 Å². The number of hydrogen-bond acceptors (Lipinski definition) is 2. The summed E-state index contributed by atoms with van der Waals surface area (Å²) in [6, 6.07) is 0. The van der Waals surface area contributed by atoms with E-state index in [2.05, 4.69) is 24.2 Å². The lowest BCUT2D eigenvalue weighted by atomic mass is 9.94. The average molecular weight is 198 g/mol. The number of unbranched alkanes of at least 4 members (excludes halogenated alkanes) is 1. The first-order chi connectivity index (χ1) is 6.83. The van der Waals surface area contributed by atoms with Gasteiger partial charge in [-0.25, -0.2) is 0 Å². The largest absolute Gasteiger partial charge is 0.317 e. The second kappa shape index (κ2) is 7.24. The van der Waals surface area contributed by atoms with Crippen LogP contribution in [0.25, 0.3) is 0 Å². The van der Waals surface area contributed by atoms with E-state index in [0.717, 1.165) is 5.92 Å². The molecule has 0 radical (unpaired) electrons. The van der Waals surface area contributed by atoms with E-state index < -0.39 is 0 Å². The van der Waals surface area contributed by atoms with Gasteiger partial charge in [-0.3, -0.25) is 0 Å². The highest BCUT2D eigenvalue weighted by molar-refractivity contribution is 4.69. The molecule has 0 amide bonds. The third-order valence-corrected chi connectivity index (χ3v) is 3.27. The van der Waals surface area contributed by atoms with E-state index in [9.17, 15) is 0 Å². The van der Waals surface area contributed by atoms with Gasteiger partial charge in [0.1, 0.15) is 0 Å². The monoisotopic (exact) mass is 198 g/mol. The van der Waals surface area contributed by atoms with Gasteiger partial charge in [-0.15, -0.1) is 0 Å². The Kier molecular flexibility index (Phi) is 6.20. The summed E-state index contributed by atoms with van der Waals surface area (Å²) in [6.45, 7) is 7.32. The summed E-state index contributed by atoms with van der Waals surface area (Å²) in [5, 5.41) is 3.42. The lowest BCUT2D eigenvalue weighted by Crippen LogP contribution is -2.30. The van der Waals surface area contributed by atoms with Crippen LogP contribution in [0.4, 0.5) is 0 Å². The van der Waals surface area contributed by atoms with Gasteiger partial charge in [0.25, 0.3) is 0 Å². The van der Waals surface area contributed by atoms with Gasteiger partial charge in [-0.1, -0.05) is 13.3 Å². The number of rotatable bonds is 6. The molecule has 0 unspecified atom stereocenters. The van der Waals surface area contributed by atoms with Crippen LogP contribution in [-0.2, 0) is 0 Å². The van der Waals surface area contributed by atoms with Crippen LogP contribution in [0.2, 0.25) is 0 Å². The van der Waals surface area contributed by atoms with Crippen molar-refractivity contribution in [1.82, 2.24) is 10.2 Å². The maximum absolute atomic E-state index is 3.42. The Morgan fingerprint density at radius 2 is 1.93 bits per heavy atom. The fraction of sp³-hybridized carbons (Fsp3) is 1.00. The molecular formula is C12H26N2. The molecule has 2 heteroatoms. The third-order valence-electron chi connectivity index (χ3n) is 3.27. The molecule has 0 atom stereocenters. The first-order valence-corrected chi connectivity index (χ1v) is 6.22. The van der Waals surface area contributed by atoms with Crippen molar-refractivity contribution in [3.8, 4) is 0 Å². The van der Waals surface area contributed by atoms with Gasteiger partial charge in [0.05, 0.1) is 0 Å². The Morgan fingerprint density at radius 3 is 2.57 bits per heavy atom. The maximum atomic E-state index is 3.42. The molecule has 14 heavy (non-hydrogen) atoms. The Labute approximate surface area is 89.1 Å². The van der Waals surface area contributed by atoms with E-state index in [-0.39, 0.29) is 0 Å². The number of piperidine rings is 1. The molecular weight excluding hydrogens is 172 g/mol. The van der Waals surface area contributed by atoms with Gasteiger partial charge < -0.3 is 10.2 Å². The molecule has 1 aliphatic heterocycles. The van der Waals surface area contributed by atoms with Crippen molar-refractivity contribution in [3.63, 3.8) is 0 Å². The van der Waals surface area contributed by atoms with E-state index >= 15 is 0 Å². The quantitative estimate of drug-likeness (QED) is 0.703. The van der Waals surface area contributed by atoms with Gasteiger partial charge in [0.15, 0.2) is 0 Å². The van der Waals surface area contributed by atoms with Gasteiger partial charge >= 0.3 is 0 Å². The fourth-order valence-electron chi connectivity index (χ4n) is 2.11. The van der Waals surface area contributed by atoms with E-state index in [4.69, 9.17) is 0 Å². The lowest BCUT2D eigenvalue weighted by Gasteiger charge is -2.25. The molecule has 0 aromatic carbocycles. The minimum Gasteiger partial charge on any atom is -0.317 e. The second-order valence-electron chi connectivity index (χ2n) is 4.64. The summed E-state index contributed by atoms with van der Waals surface area (Å²) < 4.78 is 0. The first-order valence-electron chi connectivity index (χ1n) is 6.22. The molecule has 0 aromatic heterocycles. The highest BCUT2D eigenvalue weighted by Gasteiger charge is 2.12. The number of nitrogens with zero attached hydrogens (tertiary/aromatic N) is 1. The van der Waals surface area contributed by atoms with Gasteiger partial charge in [0.2, 0.25) is 0 Å². The van der Waals surface area contributed by atoms with Crippen LogP contribution >= 0.6 is 0 Å². The van der Waals surface area contributed by atoms with Crippen LogP contribution < -0.4 is 5.32 Å². The Bertz CT molecular complexity index is 130. The SMILES string of the molecule is CCCCN(C)CCC1CCNCC1. The van der Waals surface area contributed by atoms with E-state index in [1.165, 1.54) is 58.3 Å². The Hall–Kier alpha value is -0.0800. The molecule has 1 rings (SSSR count). The molecule has 0 saturated carbocycles. The minimum absolute atomic E-state index is 0.986. The molecule has 2 nitrogen and oxygen atoms in total. The van der Waals surface area contributed by atoms with Crippen LogP contribution in [0.5, 0.6) is 0 Å². The summed E-state index contributed by atoms with van der Waals surface area (Å²) in [6.07, 6.45) is 6.85. The summed E-state index contributed by atoms with van der Waals surface area (Å²) in [7, 11) is 2.26. The molecule has 0 aromatic rings. The van der Waals surface area contributed by atoms with E-state index in [1.54, 1.807) is 0 Å². The van der Waals surface area contributed by atoms with E-state index in [1.807, 2.05) is 0 Å². The van der Waals surface area contributed by atoms with Crippen LogP contribution in [0.15, 0.2) is 0 Å². The molecule has 1 N–H and O–H groups in total. The maximum Gasteiger partial charge on any atom is -0.00191 e. The zero-order valence-electron chi connectivity index (χ0n) is 9.89.